The van der Waals surface area contributed by atoms with Crippen LogP contribution in [-0.4, -0.2) is 35.0 Å². The van der Waals surface area contributed by atoms with Crippen molar-refractivity contribution in [1.29, 1.82) is 0 Å². The van der Waals surface area contributed by atoms with Crippen molar-refractivity contribution in [3.05, 3.63) is 0 Å². The van der Waals surface area contributed by atoms with E-state index >= 15 is 0 Å². The van der Waals surface area contributed by atoms with E-state index in [1.54, 1.807) is 0 Å². The Kier molecular flexibility index (Phi) is 3.07. The van der Waals surface area contributed by atoms with E-state index in [9.17, 15) is 9.59 Å². The van der Waals surface area contributed by atoms with Crippen molar-refractivity contribution in [3.8, 4) is 0 Å². The third kappa shape index (κ3) is 2.62. The standard InChI is InChI=1S/C10H16O4/c1-10(2,3)14-5-6-4-7(11)9(13)8(6)12/h6-7,11H,4-5H2,1-3H3. The maximum atomic E-state index is 11.2. The minimum absolute atomic E-state index is 0.202. The van der Waals surface area contributed by atoms with Crippen LogP contribution in [-0.2, 0) is 14.3 Å². The predicted octanol–water partition coefficient (Wildman–Crippen LogP) is 0.320. The summed E-state index contributed by atoms with van der Waals surface area (Å²) in [4.78, 5) is 22.2. The van der Waals surface area contributed by atoms with Crippen LogP contribution in [0.15, 0.2) is 0 Å². The summed E-state index contributed by atoms with van der Waals surface area (Å²) in [5.74, 6) is -1.63. The van der Waals surface area contributed by atoms with Crippen molar-refractivity contribution >= 4 is 11.6 Å². The largest absolute Gasteiger partial charge is 0.385 e. The third-order valence-electron chi connectivity index (χ3n) is 2.14. The molecule has 0 aliphatic heterocycles. The molecule has 0 aromatic carbocycles. The lowest BCUT2D eigenvalue weighted by molar-refractivity contribution is -0.139. The van der Waals surface area contributed by atoms with Gasteiger partial charge in [0.05, 0.1) is 18.1 Å². The molecule has 1 aliphatic rings. The minimum Gasteiger partial charge on any atom is -0.385 e. The molecule has 0 radical (unpaired) electrons. The maximum absolute atomic E-state index is 11.2. The Hall–Kier alpha value is -0.740. The number of hydrogen-bond acceptors (Lipinski definition) is 4. The molecule has 0 bridgehead atoms. The summed E-state index contributed by atoms with van der Waals surface area (Å²) < 4.78 is 5.40. The van der Waals surface area contributed by atoms with Gasteiger partial charge in [0.1, 0.15) is 6.10 Å². The van der Waals surface area contributed by atoms with Crippen molar-refractivity contribution in [2.45, 2.75) is 38.9 Å². The molecule has 2 unspecified atom stereocenters. The van der Waals surface area contributed by atoms with Crippen molar-refractivity contribution in [2.24, 2.45) is 5.92 Å². The molecule has 1 N–H and O–H groups in total. The van der Waals surface area contributed by atoms with Gasteiger partial charge < -0.3 is 9.84 Å². The fourth-order valence-corrected chi connectivity index (χ4v) is 1.34. The summed E-state index contributed by atoms with van der Waals surface area (Å²) in [5, 5.41) is 9.14. The second-order valence-electron chi connectivity index (χ2n) is 4.60. The second kappa shape index (κ2) is 3.79. The molecule has 2 atom stereocenters. The maximum Gasteiger partial charge on any atom is 0.227 e. The van der Waals surface area contributed by atoms with Crippen LogP contribution in [0.2, 0.25) is 0 Å². The SMILES string of the molecule is CC(C)(C)OCC1CC(O)C(=O)C1=O. The molecule has 14 heavy (non-hydrogen) atoms. The number of ether oxygens (including phenoxy) is 1. The first kappa shape index (κ1) is 11.3. The molecule has 1 rings (SSSR count). The van der Waals surface area contributed by atoms with Crippen LogP contribution in [0.25, 0.3) is 0 Å². The van der Waals surface area contributed by atoms with E-state index in [2.05, 4.69) is 0 Å². The third-order valence-corrected chi connectivity index (χ3v) is 2.14. The molecular weight excluding hydrogens is 184 g/mol. The Bertz CT molecular complexity index is 251. The average molecular weight is 200 g/mol. The molecule has 0 heterocycles. The normalized spacial score (nSPS) is 28.6. The Balaban J connectivity index is 2.48. The quantitative estimate of drug-likeness (QED) is 0.652. The monoisotopic (exact) mass is 200 g/mol. The first-order valence-electron chi connectivity index (χ1n) is 4.71. The van der Waals surface area contributed by atoms with Crippen LogP contribution in [0.3, 0.4) is 0 Å². The van der Waals surface area contributed by atoms with Crippen molar-refractivity contribution in [1.82, 2.24) is 0 Å². The van der Waals surface area contributed by atoms with Crippen LogP contribution in [0.5, 0.6) is 0 Å². The zero-order chi connectivity index (χ0) is 10.9. The van der Waals surface area contributed by atoms with Gasteiger partial charge in [-0.05, 0) is 27.2 Å². The Morgan fingerprint density at radius 1 is 1.36 bits per heavy atom. The number of aliphatic hydroxyl groups is 1. The summed E-state index contributed by atoms with van der Waals surface area (Å²) in [7, 11) is 0. The highest BCUT2D eigenvalue weighted by atomic mass is 16.5. The summed E-state index contributed by atoms with van der Waals surface area (Å²) in [5.41, 5.74) is -0.323. The van der Waals surface area contributed by atoms with Gasteiger partial charge in [0.15, 0.2) is 0 Å². The summed E-state index contributed by atoms with van der Waals surface area (Å²) in [6.45, 7) is 5.85. The molecule has 1 saturated carbocycles. The van der Waals surface area contributed by atoms with Gasteiger partial charge in [0, 0.05) is 0 Å². The predicted molar refractivity (Wildman–Crippen MR) is 49.8 cm³/mol. The van der Waals surface area contributed by atoms with E-state index in [0.29, 0.717) is 0 Å². The van der Waals surface area contributed by atoms with Gasteiger partial charge in [-0.1, -0.05) is 0 Å². The van der Waals surface area contributed by atoms with Crippen LogP contribution in [0.1, 0.15) is 27.2 Å². The van der Waals surface area contributed by atoms with Crippen LogP contribution in [0, 0.1) is 5.92 Å². The first-order valence-corrected chi connectivity index (χ1v) is 4.71. The van der Waals surface area contributed by atoms with Gasteiger partial charge in [-0.2, -0.15) is 0 Å². The highest BCUT2D eigenvalue weighted by Gasteiger charge is 2.40. The van der Waals surface area contributed by atoms with Crippen molar-refractivity contribution < 1.29 is 19.4 Å². The summed E-state index contributed by atoms with van der Waals surface area (Å²) >= 11 is 0. The van der Waals surface area contributed by atoms with Crippen LogP contribution >= 0.6 is 0 Å². The number of rotatable bonds is 2. The van der Waals surface area contributed by atoms with Crippen LogP contribution < -0.4 is 0 Å². The lowest BCUT2D eigenvalue weighted by Crippen LogP contribution is -2.26. The number of Topliss-reactive ketones (excluding diaryl/α,β-unsaturated/α-hetero) is 2. The molecular formula is C10H16O4. The van der Waals surface area contributed by atoms with Crippen LogP contribution in [0.4, 0.5) is 0 Å². The van der Waals surface area contributed by atoms with Gasteiger partial charge in [0.2, 0.25) is 11.6 Å². The summed E-state index contributed by atoms with van der Waals surface area (Å²) in [6.07, 6.45) is -0.913. The molecule has 0 spiro atoms. The van der Waals surface area contributed by atoms with Gasteiger partial charge in [0.25, 0.3) is 0 Å². The number of ketones is 2. The van der Waals surface area contributed by atoms with Gasteiger partial charge in [-0.25, -0.2) is 0 Å². The highest BCUT2D eigenvalue weighted by molar-refractivity contribution is 6.41. The number of carbonyl (C=O) groups excluding carboxylic acids is 2. The molecule has 0 aromatic rings. The molecule has 0 amide bonds. The van der Waals surface area contributed by atoms with E-state index in [1.807, 2.05) is 20.8 Å². The Labute approximate surface area is 83.2 Å². The van der Waals surface area contributed by atoms with Crippen molar-refractivity contribution in [3.63, 3.8) is 0 Å². The number of hydrogen-bond donors (Lipinski definition) is 1. The van der Waals surface area contributed by atoms with E-state index in [-0.39, 0.29) is 18.6 Å². The molecule has 0 aromatic heterocycles. The zero-order valence-electron chi connectivity index (χ0n) is 8.74. The lowest BCUT2D eigenvalue weighted by atomic mass is 10.1. The zero-order valence-corrected chi connectivity index (χ0v) is 8.74. The van der Waals surface area contributed by atoms with Gasteiger partial charge >= 0.3 is 0 Å². The van der Waals surface area contributed by atoms with Crippen molar-refractivity contribution in [2.75, 3.05) is 6.61 Å². The number of aliphatic hydroxyl groups excluding tert-OH is 1. The average Bonchev–Trinajstić information content (AvgIpc) is 2.28. The van der Waals surface area contributed by atoms with E-state index < -0.39 is 23.6 Å². The van der Waals surface area contributed by atoms with E-state index in [4.69, 9.17) is 9.84 Å². The minimum atomic E-state index is -1.11. The van der Waals surface area contributed by atoms with E-state index in [0.717, 1.165) is 0 Å². The Morgan fingerprint density at radius 3 is 2.29 bits per heavy atom. The smallest absolute Gasteiger partial charge is 0.227 e. The molecule has 4 heteroatoms. The fraction of sp³-hybridized carbons (Fsp3) is 0.800. The molecule has 1 aliphatic carbocycles. The fourth-order valence-electron chi connectivity index (χ4n) is 1.34. The van der Waals surface area contributed by atoms with E-state index in [1.165, 1.54) is 0 Å². The van der Waals surface area contributed by atoms with Gasteiger partial charge in [-0.15, -0.1) is 0 Å². The molecule has 0 saturated heterocycles. The molecule has 1 fully saturated rings. The molecule has 4 nitrogen and oxygen atoms in total. The Morgan fingerprint density at radius 2 is 1.93 bits per heavy atom. The molecule has 80 valence electrons. The second-order valence-corrected chi connectivity index (χ2v) is 4.60. The number of carbonyl (C=O) groups is 2. The topological polar surface area (TPSA) is 63.6 Å². The highest BCUT2D eigenvalue weighted by Crippen LogP contribution is 2.21. The lowest BCUT2D eigenvalue weighted by Gasteiger charge is -2.21. The summed E-state index contributed by atoms with van der Waals surface area (Å²) in [6, 6.07) is 0. The van der Waals surface area contributed by atoms with Gasteiger partial charge in [-0.3, -0.25) is 9.59 Å². The first-order chi connectivity index (χ1) is 6.31.